The quantitative estimate of drug-likeness (QED) is 0.168. The molecular formula is C19H15F15O3. The Labute approximate surface area is 197 Å². The first kappa shape index (κ1) is 32.6. The van der Waals surface area contributed by atoms with Crippen molar-refractivity contribution < 1.29 is 80.1 Å². The summed E-state index contributed by atoms with van der Waals surface area (Å²) >= 11 is 0. The summed E-state index contributed by atoms with van der Waals surface area (Å²) in [5, 5.41) is 0. The fraction of sp³-hybridized carbons (Fsp3) is 0.632. The topological polar surface area (TPSA) is 35.5 Å². The number of carbonyl (C=O) groups excluding carboxylic acids is 1. The van der Waals surface area contributed by atoms with E-state index in [2.05, 4.69) is 9.47 Å². The summed E-state index contributed by atoms with van der Waals surface area (Å²) in [4.78, 5) is 11.0. The van der Waals surface area contributed by atoms with Crippen LogP contribution in [-0.4, -0.2) is 54.8 Å². The lowest BCUT2D eigenvalue weighted by atomic mass is 9.83. The van der Waals surface area contributed by atoms with Gasteiger partial charge < -0.3 is 9.47 Å². The summed E-state index contributed by atoms with van der Waals surface area (Å²) in [7, 11) is 0.525. The number of hydrogen-bond donors (Lipinski definition) is 0. The number of methoxy groups -OCH3 is 1. The van der Waals surface area contributed by atoms with Crippen LogP contribution >= 0.6 is 0 Å². The van der Waals surface area contributed by atoms with Crippen molar-refractivity contribution in [2.75, 3.05) is 7.11 Å². The number of alkyl halides is 15. The van der Waals surface area contributed by atoms with Crippen molar-refractivity contribution in [1.29, 1.82) is 0 Å². The summed E-state index contributed by atoms with van der Waals surface area (Å²) in [6.45, 7) is 1.36. The van der Waals surface area contributed by atoms with Crippen molar-refractivity contribution in [1.82, 2.24) is 0 Å². The van der Waals surface area contributed by atoms with Gasteiger partial charge in [0.2, 0.25) is 0 Å². The molecule has 0 spiro atoms. The molecule has 0 aliphatic heterocycles. The third-order valence-corrected chi connectivity index (χ3v) is 5.11. The van der Waals surface area contributed by atoms with Crippen LogP contribution in [0.4, 0.5) is 65.9 Å². The molecule has 1 aromatic carbocycles. The summed E-state index contributed by atoms with van der Waals surface area (Å²) in [5.41, 5.74) is -3.51. The molecule has 214 valence electrons. The number of ether oxygens (including phenoxy) is 2. The third kappa shape index (κ3) is 5.16. The first-order valence-electron chi connectivity index (χ1n) is 9.34. The van der Waals surface area contributed by atoms with E-state index in [0.717, 1.165) is 25.1 Å². The molecule has 18 heteroatoms. The van der Waals surface area contributed by atoms with E-state index in [1.54, 1.807) is 0 Å². The molecule has 0 bridgehead atoms. The summed E-state index contributed by atoms with van der Waals surface area (Å²) in [6.07, 6.45) is -10.4. The molecule has 1 atom stereocenters. The molecule has 1 unspecified atom stereocenters. The minimum atomic E-state index is -8.37. The average Bonchev–Trinajstić information content (AvgIpc) is 2.71. The van der Waals surface area contributed by atoms with Gasteiger partial charge in [-0.2, -0.15) is 65.9 Å². The number of halogens is 15. The Bertz CT molecular complexity index is 987. The lowest BCUT2D eigenvalue weighted by Gasteiger charge is -2.43. The Balaban J connectivity index is 3.60. The number of carbonyl (C=O) groups is 1. The third-order valence-electron chi connectivity index (χ3n) is 5.11. The predicted octanol–water partition coefficient (Wildman–Crippen LogP) is 7.24. The zero-order valence-corrected chi connectivity index (χ0v) is 18.4. The average molecular weight is 576 g/mol. The maximum absolute atomic E-state index is 14.4. The first-order chi connectivity index (χ1) is 16.2. The Morgan fingerprint density at radius 2 is 1.16 bits per heavy atom. The zero-order valence-electron chi connectivity index (χ0n) is 18.4. The first-order valence-corrected chi connectivity index (χ1v) is 9.34. The van der Waals surface area contributed by atoms with Gasteiger partial charge in [0.15, 0.2) is 0 Å². The normalized spacial score (nSPS) is 16.4. The van der Waals surface area contributed by atoms with E-state index < -0.39 is 71.0 Å². The van der Waals surface area contributed by atoms with Gasteiger partial charge in [-0.15, -0.1) is 0 Å². The predicted molar refractivity (Wildman–Crippen MR) is 92.5 cm³/mol. The van der Waals surface area contributed by atoms with Gasteiger partial charge in [0.1, 0.15) is 5.75 Å². The maximum Gasteiger partial charge on any atom is 0.460 e. The van der Waals surface area contributed by atoms with Crippen LogP contribution in [0.25, 0.3) is 0 Å². The van der Waals surface area contributed by atoms with Crippen molar-refractivity contribution in [3.05, 3.63) is 29.8 Å². The summed E-state index contributed by atoms with van der Waals surface area (Å²) in [5.74, 6) is -48.5. The molecule has 0 amide bonds. The van der Waals surface area contributed by atoms with Crippen LogP contribution in [0.5, 0.6) is 5.75 Å². The van der Waals surface area contributed by atoms with Crippen LogP contribution in [0, 0.1) is 0 Å². The fourth-order valence-electron chi connectivity index (χ4n) is 2.88. The maximum atomic E-state index is 14.4. The highest BCUT2D eigenvalue weighted by atomic mass is 19.4. The molecule has 0 aromatic heterocycles. The van der Waals surface area contributed by atoms with E-state index in [0.29, 0.717) is 20.1 Å². The standard InChI is InChI=1S/C19H15F15O3/c1-9(35)37-11-6-4-5-10(7-11)12(2,36-3)8-13(20,21)14(22,23)15(24,25)16(26,27)17(28,29)18(30,31)19(32,33)34/h4-7H,8H2,1-3H3. The van der Waals surface area contributed by atoms with Crippen LogP contribution in [-0.2, 0) is 15.1 Å². The smallest absolute Gasteiger partial charge is 0.427 e. The molecule has 0 aliphatic carbocycles. The summed E-state index contributed by atoms with van der Waals surface area (Å²) in [6, 6.07) is 3.47. The van der Waals surface area contributed by atoms with E-state index in [4.69, 9.17) is 0 Å². The molecular weight excluding hydrogens is 561 g/mol. The van der Waals surface area contributed by atoms with Gasteiger partial charge in [0.05, 0.1) is 12.0 Å². The van der Waals surface area contributed by atoms with Gasteiger partial charge in [-0.05, 0) is 24.6 Å². The lowest BCUT2D eigenvalue weighted by Crippen LogP contribution is -2.72. The van der Waals surface area contributed by atoms with Crippen molar-refractivity contribution >= 4 is 5.97 Å². The minimum absolute atomic E-state index is 0.436. The second kappa shape index (κ2) is 9.41. The molecule has 0 saturated carbocycles. The number of rotatable bonds is 10. The van der Waals surface area contributed by atoms with Crippen LogP contribution in [0.2, 0.25) is 0 Å². The molecule has 0 radical (unpaired) electrons. The van der Waals surface area contributed by atoms with E-state index in [1.807, 2.05) is 0 Å². The molecule has 1 rings (SSSR count). The van der Waals surface area contributed by atoms with Crippen molar-refractivity contribution in [3.63, 3.8) is 0 Å². The Kier molecular flexibility index (Phi) is 8.30. The van der Waals surface area contributed by atoms with Crippen molar-refractivity contribution in [2.45, 2.75) is 67.6 Å². The van der Waals surface area contributed by atoms with Crippen LogP contribution < -0.4 is 4.74 Å². The molecule has 0 aliphatic rings. The highest BCUT2D eigenvalue weighted by Gasteiger charge is 2.93. The van der Waals surface area contributed by atoms with Crippen molar-refractivity contribution in [3.8, 4) is 5.75 Å². The monoisotopic (exact) mass is 576 g/mol. The molecule has 0 N–H and O–H groups in total. The van der Waals surface area contributed by atoms with E-state index in [-0.39, 0.29) is 0 Å². The SMILES string of the molecule is COC(C)(CC(F)(F)C(F)(F)C(F)(F)C(F)(F)C(F)(F)C(F)(F)C(F)(F)F)c1cccc(OC(C)=O)c1. The lowest BCUT2D eigenvalue weighted by molar-refractivity contribution is -0.453. The van der Waals surface area contributed by atoms with Gasteiger partial charge in [-0.25, -0.2) is 0 Å². The largest absolute Gasteiger partial charge is 0.460 e. The minimum Gasteiger partial charge on any atom is -0.427 e. The molecule has 1 aromatic rings. The fourth-order valence-corrected chi connectivity index (χ4v) is 2.88. The Hall–Kier alpha value is -2.40. The Morgan fingerprint density at radius 1 is 0.730 bits per heavy atom. The molecule has 37 heavy (non-hydrogen) atoms. The Morgan fingerprint density at radius 3 is 1.57 bits per heavy atom. The van der Waals surface area contributed by atoms with Gasteiger partial charge in [0.25, 0.3) is 0 Å². The molecule has 0 fully saturated rings. The number of benzene rings is 1. The van der Waals surface area contributed by atoms with Gasteiger partial charge >= 0.3 is 47.7 Å². The number of hydrogen-bond acceptors (Lipinski definition) is 3. The second-order valence-corrected chi connectivity index (χ2v) is 7.81. The van der Waals surface area contributed by atoms with Crippen LogP contribution in [0.3, 0.4) is 0 Å². The highest BCUT2D eigenvalue weighted by Crippen LogP contribution is 2.63. The van der Waals surface area contributed by atoms with E-state index in [1.165, 1.54) is 0 Å². The molecule has 0 saturated heterocycles. The molecule has 3 nitrogen and oxygen atoms in total. The second-order valence-electron chi connectivity index (χ2n) is 7.81. The van der Waals surface area contributed by atoms with Crippen LogP contribution in [0.15, 0.2) is 24.3 Å². The van der Waals surface area contributed by atoms with Gasteiger partial charge in [-0.3, -0.25) is 4.79 Å². The van der Waals surface area contributed by atoms with Gasteiger partial charge in [-0.1, -0.05) is 12.1 Å². The molecule has 0 heterocycles. The highest BCUT2D eigenvalue weighted by molar-refractivity contribution is 5.69. The van der Waals surface area contributed by atoms with E-state index >= 15 is 0 Å². The van der Waals surface area contributed by atoms with Crippen LogP contribution in [0.1, 0.15) is 25.8 Å². The zero-order chi connectivity index (χ0) is 29.7. The van der Waals surface area contributed by atoms with E-state index in [9.17, 15) is 70.7 Å². The number of esters is 1. The summed E-state index contributed by atoms with van der Waals surface area (Å²) < 4.78 is 211. The van der Waals surface area contributed by atoms with Crippen molar-refractivity contribution in [2.24, 2.45) is 0 Å². The van der Waals surface area contributed by atoms with Gasteiger partial charge in [0, 0.05) is 14.0 Å².